The summed E-state index contributed by atoms with van der Waals surface area (Å²) in [6.07, 6.45) is 3.26. The molecule has 1 spiro atoms. The van der Waals surface area contributed by atoms with E-state index in [2.05, 4.69) is 4.98 Å². The number of oxazole rings is 1. The van der Waals surface area contributed by atoms with Gasteiger partial charge >= 0.3 is 0 Å². The number of aryl methyl sites for hydroxylation is 1. The van der Waals surface area contributed by atoms with E-state index < -0.39 is 0 Å². The Hall–Kier alpha value is -1.36. The average Bonchev–Trinajstić information content (AvgIpc) is 3.05. The average molecular weight is 292 g/mol. The molecule has 1 unspecified atom stereocenters. The van der Waals surface area contributed by atoms with Gasteiger partial charge in [-0.2, -0.15) is 0 Å². The fourth-order valence-corrected chi connectivity index (χ4v) is 3.36. The van der Waals surface area contributed by atoms with Gasteiger partial charge in [-0.05, 0) is 26.2 Å². The van der Waals surface area contributed by atoms with Crippen LogP contribution in [0.1, 0.15) is 61.2 Å². The number of carbonyl (C=O) groups excluding carboxylic acids is 1. The third kappa shape index (κ3) is 2.71. The molecule has 0 aromatic carbocycles. The molecule has 116 valence electrons. The number of rotatable bonds is 2. The molecule has 21 heavy (non-hydrogen) atoms. The Kier molecular flexibility index (Phi) is 3.78. The van der Waals surface area contributed by atoms with Crippen LogP contribution in [0, 0.1) is 12.3 Å². The molecule has 0 aliphatic carbocycles. The van der Waals surface area contributed by atoms with E-state index in [1.807, 2.05) is 25.7 Å². The molecule has 1 amide bonds. The van der Waals surface area contributed by atoms with Crippen molar-refractivity contribution in [1.82, 2.24) is 9.88 Å². The van der Waals surface area contributed by atoms with Crippen LogP contribution in [-0.4, -0.2) is 42.1 Å². The zero-order valence-electron chi connectivity index (χ0n) is 13.1. The van der Waals surface area contributed by atoms with Crippen LogP contribution >= 0.6 is 0 Å². The molecular formula is C16H24N2O3. The Balaban J connectivity index is 1.78. The number of likely N-dealkylation sites (tertiary alicyclic amines) is 1. The van der Waals surface area contributed by atoms with Crippen LogP contribution in [0.2, 0.25) is 0 Å². The molecule has 2 aliphatic heterocycles. The van der Waals surface area contributed by atoms with Gasteiger partial charge in [0.2, 0.25) is 5.76 Å². The van der Waals surface area contributed by atoms with Crippen molar-refractivity contribution in [2.75, 3.05) is 26.3 Å². The second-order valence-electron chi connectivity index (χ2n) is 6.75. The Bertz CT molecular complexity index is 530. The lowest BCUT2D eigenvalue weighted by Gasteiger charge is -2.39. The number of carbonyl (C=O) groups is 1. The topological polar surface area (TPSA) is 55.6 Å². The molecule has 2 saturated heterocycles. The third-order valence-electron chi connectivity index (χ3n) is 4.63. The summed E-state index contributed by atoms with van der Waals surface area (Å²) in [6.45, 7) is 9.07. The fourth-order valence-electron chi connectivity index (χ4n) is 3.36. The molecule has 0 radical (unpaired) electrons. The van der Waals surface area contributed by atoms with Crippen LogP contribution < -0.4 is 0 Å². The fraction of sp³-hybridized carbons (Fsp3) is 0.750. The van der Waals surface area contributed by atoms with Crippen molar-refractivity contribution in [1.29, 1.82) is 0 Å². The molecule has 5 nitrogen and oxygen atoms in total. The van der Waals surface area contributed by atoms with Gasteiger partial charge in [0.05, 0.1) is 12.3 Å². The number of aromatic nitrogens is 1. The van der Waals surface area contributed by atoms with E-state index in [0.29, 0.717) is 17.3 Å². The van der Waals surface area contributed by atoms with Crippen LogP contribution in [0.3, 0.4) is 0 Å². The van der Waals surface area contributed by atoms with E-state index in [1.165, 1.54) is 0 Å². The Labute approximate surface area is 125 Å². The lowest BCUT2D eigenvalue weighted by atomic mass is 9.79. The lowest BCUT2D eigenvalue weighted by molar-refractivity contribution is 0.0434. The first-order valence-corrected chi connectivity index (χ1v) is 7.85. The monoisotopic (exact) mass is 292 g/mol. The van der Waals surface area contributed by atoms with Gasteiger partial charge in [0.25, 0.3) is 5.91 Å². The molecular weight excluding hydrogens is 268 g/mol. The zero-order chi connectivity index (χ0) is 15.0. The van der Waals surface area contributed by atoms with Crippen molar-refractivity contribution in [3.05, 3.63) is 17.3 Å². The number of ether oxygens (including phenoxy) is 1. The van der Waals surface area contributed by atoms with Crippen molar-refractivity contribution in [2.24, 2.45) is 5.41 Å². The van der Waals surface area contributed by atoms with Crippen molar-refractivity contribution in [3.63, 3.8) is 0 Å². The van der Waals surface area contributed by atoms with Crippen LogP contribution in [0.4, 0.5) is 0 Å². The maximum atomic E-state index is 12.7. The highest BCUT2D eigenvalue weighted by atomic mass is 16.5. The highest BCUT2D eigenvalue weighted by Crippen LogP contribution is 2.38. The van der Waals surface area contributed by atoms with Crippen molar-refractivity contribution >= 4 is 5.91 Å². The third-order valence-corrected chi connectivity index (χ3v) is 4.63. The van der Waals surface area contributed by atoms with Crippen LogP contribution in [0.5, 0.6) is 0 Å². The van der Waals surface area contributed by atoms with Crippen LogP contribution in [0.15, 0.2) is 4.42 Å². The summed E-state index contributed by atoms with van der Waals surface area (Å²) >= 11 is 0. The minimum atomic E-state index is -0.0159. The van der Waals surface area contributed by atoms with Gasteiger partial charge in [0.1, 0.15) is 0 Å². The quantitative estimate of drug-likeness (QED) is 0.841. The predicted molar refractivity (Wildman–Crippen MR) is 78.3 cm³/mol. The van der Waals surface area contributed by atoms with Gasteiger partial charge in [0.15, 0.2) is 5.89 Å². The second kappa shape index (κ2) is 5.44. The summed E-state index contributed by atoms with van der Waals surface area (Å²) < 4.78 is 11.3. The summed E-state index contributed by atoms with van der Waals surface area (Å²) in [6, 6.07) is 0. The highest BCUT2D eigenvalue weighted by molar-refractivity contribution is 5.92. The number of hydrogen-bond acceptors (Lipinski definition) is 4. The van der Waals surface area contributed by atoms with E-state index in [9.17, 15) is 4.79 Å². The lowest BCUT2D eigenvalue weighted by Crippen LogP contribution is -2.46. The maximum absolute atomic E-state index is 12.7. The Morgan fingerprint density at radius 1 is 1.38 bits per heavy atom. The second-order valence-corrected chi connectivity index (χ2v) is 6.75. The summed E-state index contributed by atoms with van der Waals surface area (Å²) in [5.74, 6) is 1.24. The number of nitrogens with zero attached hydrogens (tertiary/aromatic N) is 2. The summed E-state index contributed by atoms with van der Waals surface area (Å²) in [7, 11) is 0. The molecule has 2 fully saturated rings. The smallest absolute Gasteiger partial charge is 0.291 e. The summed E-state index contributed by atoms with van der Waals surface area (Å²) in [5, 5.41) is 0. The Morgan fingerprint density at radius 2 is 2.19 bits per heavy atom. The number of amides is 1. The SMILES string of the molecule is Cc1nc(C(C)C)oc1C(=O)N1CCCC2(CCOC2)C1. The molecule has 0 bridgehead atoms. The largest absolute Gasteiger partial charge is 0.435 e. The number of piperidine rings is 1. The van der Waals surface area contributed by atoms with Crippen molar-refractivity contribution in [2.45, 2.75) is 46.0 Å². The van der Waals surface area contributed by atoms with Gasteiger partial charge in [0, 0.05) is 31.0 Å². The van der Waals surface area contributed by atoms with Crippen LogP contribution in [0.25, 0.3) is 0 Å². The highest BCUT2D eigenvalue weighted by Gasteiger charge is 2.41. The van der Waals surface area contributed by atoms with Crippen molar-refractivity contribution in [3.8, 4) is 0 Å². The zero-order valence-corrected chi connectivity index (χ0v) is 13.1. The first-order valence-electron chi connectivity index (χ1n) is 7.85. The molecule has 3 heterocycles. The molecule has 1 aromatic rings. The molecule has 2 aliphatic rings. The molecule has 0 N–H and O–H groups in total. The van der Waals surface area contributed by atoms with E-state index >= 15 is 0 Å². The predicted octanol–water partition coefficient (Wildman–Crippen LogP) is 2.75. The van der Waals surface area contributed by atoms with Gasteiger partial charge in [-0.3, -0.25) is 4.79 Å². The Morgan fingerprint density at radius 3 is 2.81 bits per heavy atom. The van der Waals surface area contributed by atoms with Gasteiger partial charge < -0.3 is 14.1 Å². The van der Waals surface area contributed by atoms with E-state index in [1.54, 1.807) is 0 Å². The first-order chi connectivity index (χ1) is 10.0. The maximum Gasteiger partial charge on any atom is 0.291 e. The molecule has 1 atom stereocenters. The number of hydrogen-bond donors (Lipinski definition) is 0. The minimum Gasteiger partial charge on any atom is -0.435 e. The summed E-state index contributed by atoms with van der Waals surface area (Å²) in [4.78, 5) is 19.1. The molecule has 1 aromatic heterocycles. The first kappa shape index (κ1) is 14.6. The van der Waals surface area contributed by atoms with Gasteiger partial charge in [-0.1, -0.05) is 13.8 Å². The van der Waals surface area contributed by atoms with Gasteiger partial charge in [-0.15, -0.1) is 0 Å². The van der Waals surface area contributed by atoms with Gasteiger partial charge in [-0.25, -0.2) is 4.98 Å². The molecule has 5 heteroatoms. The van der Waals surface area contributed by atoms with Crippen molar-refractivity contribution < 1.29 is 13.9 Å². The minimum absolute atomic E-state index is 0.0159. The van der Waals surface area contributed by atoms with E-state index in [0.717, 1.165) is 45.6 Å². The van der Waals surface area contributed by atoms with E-state index in [4.69, 9.17) is 9.15 Å². The van der Waals surface area contributed by atoms with Crippen LogP contribution in [-0.2, 0) is 4.74 Å². The normalized spacial score (nSPS) is 26.0. The molecule has 3 rings (SSSR count). The molecule has 0 saturated carbocycles. The standard InChI is InChI=1S/C16H24N2O3/c1-11(2)14-17-12(3)13(21-14)15(19)18-7-4-5-16(9-18)6-8-20-10-16/h11H,4-10H2,1-3H3. The van der Waals surface area contributed by atoms with E-state index in [-0.39, 0.29) is 17.2 Å². The summed E-state index contributed by atoms with van der Waals surface area (Å²) in [5.41, 5.74) is 0.869.